The van der Waals surface area contributed by atoms with Crippen LogP contribution in [0.5, 0.6) is 0 Å². The first-order chi connectivity index (χ1) is 37.2. The van der Waals surface area contributed by atoms with Crippen molar-refractivity contribution in [3.05, 3.63) is 299 Å². The maximum Gasteiger partial charge on any atom is 0.116 e. The van der Waals surface area contributed by atoms with Gasteiger partial charge in [-0.3, -0.25) is 0 Å². The molecule has 350 valence electrons. The Morgan fingerprint density at radius 1 is 0.360 bits per heavy atom. The van der Waals surface area contributed by atoms with E-state index in [9.17, 15) is 0 Å². The molecule has 0 radical (unpaired) electrons. The maximum atomic E-state index is 4.94. The lowest BCUT2D eigenvalue weighted by molar-refractivity contribution is 0.766. The zero-order valence-corrected chi connectivity index (χ0v) is 40.9. The van der Waals surface area contributed by atoms with E-state index in [4.69, 9.17) is 9.97 Å². The molecule has 2 aliphatic heterocycles. The Kier molecular flexibility index (Phi) is 8.90. The third-order valence-electron chi connectivity index (χ3n) is 16.9. The number of hydrogen-bond acceptors (Lipinski definition) is 4. The second kappa shape index (κ2) is 15.9. The first kappa shape index (κ1) is 41.9. The van der Waals surface area contributed by atoms with Crippen molar-refractivity contribution in [2.75, 3.05) is 17.2 Å². The number of rotatable bonds is 5. The Hall–Kier alpha value is -9.64. The van der Waals surface area contributed by atoms with Crippen molar-refractivity contribution in [2.45, 2.75) is 10.8 Å². The normalized spacial score (nSPS) is 14.5. The number of aromatic nitrogens is 2. The summed E-state index contributed by atoms with van der Waals surface area (Å²) in [4.78, 5) is 9.74. The topological polar surface area (TPSA) is 49.8 Å². The minimum absolute atomic E-state index is 0.566. The molecule has 16 rings (SSSR count). The van der Waals surface area contributed by atoms with E-state index in [1.54, 1.807) is 6.33 Å². The third kappa shape index (κ3) is 5.88. The number of benzene rings is 11. The van der Waals surface area contributed by atoms with Gasteiger partial charge in [-0.15, -0.1) is 0 Å². The largest absolute Gasteiger partial charge is 0.381 e. The van der Waals surface area contributed by atoms with Crippen LogP contribution in [0.4, 0.5) is 17.1 Å². The molecule has 0 amide bonds. The molecule has 0 bridgehead atoms. The lowest BCUT2D eigenvalue weighted by Gasteiger charge is -2.41. The summed E-state index contributed by atoms with van der Waals surface area (Å²) in [6, 6.07) is 88.5. The highest BCUT2D eigenvalue weighted by Gasteiger charge is 2.51. The minimum Gasteiger partial charge on any atom is -0.381 e. The van der Waals surface area contributed by atoms with Crippen molar-refractivity contribution in [3.63, 3.8) is 0 Å². The fourth-order valence-corrected chi connectivity index (χ4v) is 13.6. The highest BCUT2D eigenvalue weighted by Crippen LogP contribution is 2.64. The van der Waals surface area contributed by atoms with Crippen molar-refractivity contribution < 1.29 is 0 Å². The highest BCUT2D eigenvalue weighted by atomic mass is 14.9. The quantitative estimate of drug-likeness (QED) is 0.180. The fourth-order valence-electron chi connectivity index (χ4n) is 13.6. The molecule has 0 atom stereocenters. The van der Waals surface area contributed by atoms with E-state index in [1.165, 1.54) is 116 Å². The van der Waals surface area contributed by atoms with Gasteiger partial charge in [0.25, 0.3) is 0 Å². The molecule has 11 aromatic carbocycles. The zero-order chi connectivity index (χ0) is 49.2. The van der Waals surface area contributed by atoms with Crippen LogP contribution < -0.4 is 10.6 Å². The van der Waals surface area contributed by atoms with Crippen molar-refractivity contribution in [1.29, 1.82) is 0 Å². The molecule has 1 aromatic heterocycles. The van der Waals surface area contributed by atoms with Gasteiger partial charge < -0.3 is 10.6 Å². The van der Waals surface area contributed by atoms with Gasteiger partial charge in [0.1, 0.15) is 6.33 Å². The van der Waals surface area contributed by atoms with Gasteiger partial charge in [-0.2, -0.15) is 0 Å². The first-order valence-corrected chi connectivity index (χ1v) is 26.0. The van der Waals surface area contributed by atoms with E-state index in [2.05, 4.69) is 259 Å². The lowest BCUT2D eigenvalue weighted by Crippen LogP contribution is -2.33. The second-order valence-corrected chi connectivity index (χ2v) is 20.5. The third-order valence-corrected chi connectivity index (χ3v) is 16.9. The standard InChI is InChI=1S/C71H46N4/c1-3-17-51(18-4-1)70(52-19-5-2-6-20-52)60-33-30-47(38-57(60)58-39-49(31-34-61(58)70)66-42-67(74-43-73-66)50-26-25-46-16-13-37-72-65(46)41-50)48-27-32-56-55-23-11-12-24-59(55)71(64(56)40-48)62-35-28-44-14-7-9-21-53(44)68(62)75-69-54-22-10-8-15-45(54)29-36-63(69)71/h1-36,38-43,72,75H,37H2. The van der Waals surface area contributed by atoms with Gasteiger partial charge in [-0.1, -0.05) is 218 Å². The summed E-state index contributed by atoms with van der Waals surface area (Å²) in [6.07, 6.45) is 6.04. The van der Waals surface area contributed by atoms with Gasteiger partial charge in [-0.05, 0) is 125 Å². The van der Waals surface area contributed by atoms with E-state index < -0.39 is 10.8 Å². The molecule has 4 nitrogen and oxygen atoms in total. The summed E-state index contributed by atoms with van der Waals surface area (Å²) >= 11 is 0. The molecule has 75 heavy (non-hydrogen) atoms. The van der Waals surface area contributed by atoms with E-state index in [0.29, 0.717) is 0 Å². The molecule has 3 heterocycles. The van der Waals surface area contributed by atoms with Crippen molar-refractivity contribution in [1.82, 2.24) is 9.97 Å². The first-order valence-electron chi connectivity index (χ1n) is 26.0. The van der Waals surface area contributed by atoms with Crippen molar-refractivity contribution in [3.8, 4) is 55.9 Å². The average Bonchev–Trinajstić information content (AvgIpc) is 3.99. The summed E-state index contributed by atoms with van der Waals surface area (Å²) in [5.74, 6) is 0. The number of fused-ring (bicyclic) bond motifs is 17. The smallest absolute Gasteiger partial charge is 0.116 e. The summed E-state index contributed by atoms with van der Waals surface area (Å²) in [5, 5.41) is 12.5. The molecule has 0 saturated heterocycles. The van der Waals surface area contributed by atoms with Crippen molar-refractivity contribution >= 4 is 44.7 Å². The number of nitrogens with one attached hydrogen (secondary N) is 2. The Labute approximate surface area is 435 Å². The molecule has 12 aromatic rings. The van der Waals surface area contributed by atoms with Gasteiger partial charge in [0.05, 0.1) is 33.6 Å². The SMILES string of the molecule is C1=Cc2ccc(-c3cc(-c4ccc5c(c4)-c4cc(-c6ccc7c(c6)C6(c8ccccc8-7)c7ccc8ccccc8c7Nc7c6ccc6ccccc76)ccc4C5(c4ccccc4)c4ccccc4)ncn3)cc2NC1. The second-order valence-electron chi connectivity index (χ2n) is 20.5. The molecule has 0 fully saturated rings. The predicted octanol–water partition coefficient (Wildman–Crippen LogP) is 17.0. The van der Waals surface area contributed by atoms with Crippen LogP contribution in [0, 0.1) is 0 Å². The Morgan fingerprint density at radius 3 is 1.57 bits per heavy atom. The monoisotopic (exact) mass is 954 g/mol. The van der Waals surface area contributed by atoms with Crippen LogP contribution in [-0.2, 0) is 10.8 Å². The average molecular weight is 955 g/mol. The summed E-state index contributed by atoms with van der Waals surface area (Å²) < 4.78 is 0. The molecule has 4 aliphatic rings. The number of hydrogen-bond donors (Lipinski definition) is 2. The molecule has 2 aliphatic carbocycles. The van der Waals surface area contributed by atoms with E-state index >= 15 is 0 Å². The zero-order valence-electron chi connectivity index (χ0n) is 40.9. The Morgan fingerprint density at radius 2 is 0.880 bits per heavy atom. The minimum atomic E-state index is -0.594. The molecular formula is C71H46N4. The fraction of sp³-hybridized carbons (Fsp3) is 0.0423. The van der Waals surface area contributed by atoms with E-state index in [1.807, 2.05) is 0 Å². The highest BCUT2D eigenvalue weighted by molar-refractivity contribution is 6.09. The van der Waals surface area contributed by atoms with Gasteiger partial charge in [-0.25, -0.2) is 9.97 Å². The van der Waals surface area contributed by atoms with Crippen LogP contribution in [0.25, 0.3) is 83.5 Å². The Bertz CT molecular complexity index is 4270. The van der Waals surface area contributed by atoms with Gasteiger partial charge in [0, 0.05) is 34.1 Å². The van der Waals surface area contributed by atoms with Crippen LogP contribution >= 0.6 is 0 Å². The predicted molar refractivity (Wildman–Crippen MR) is 309 cm³/mol. The number of nitrogens with zero attached hydrogens (tertiary/aromatic N) is 2. The van der Waals surface area contributed by atoms with E-state index in [0.717, 1.165) is 34.7 Å². The van der Waals surface area contributed by atoms with Crippen molar-refractivity contribution in [2.24, 2.45) is 0 Å². The van der Waals surface area contributed by atoms with Crippen LogP contribution in [0.1, 0.15) is 50.1 Å². The summed E-state index contributed by atoms with van der Waals surface area (Å²) in [7, 11) is 0. The summed E-state index contributed by atoms with van der Waals surface area (Å²) in [5.41, 5.74) is 24.8. The molecule has 4 heteroatoms. The van der Waals surface area contributed by atoms with Gasteiger partial charge >= 0.3 is 0 Å². The lowest BCUT2D eigenvalue weighted by atomic mass is 9.64. The van der Waals surface area contributed by atoms with Crippen LogP contribution in [0.15, 0.2) is 249 Å². The van der Waals surface area contributed by atoms with Crippen LogP contribution in [-0.4, -0.2) is 16.5 Å². The van der Waals surface area contributed by atoms with Gasteiger partial charge in [0.2, 0.25) is 0 Å². The molecule has 2 N–H and O–H groups in total. The molecule has 0 unspecified atom stereocenters. The molecule has 1 spiro atoms. The van der Waals surface area contributed by atoms with Crippen LogP contribution in [0.2, 0.25) is 0 Å². The molecular weight excluding hydrogens is 909 g/mol. The number of anilines is 3. The van der Waals surface area contributed by atoms with Crippen LogP contribution in [0.3, 0.4) is 0 Å². The maximum absolute atomic E-state index is 4.94. The Balaban J connectivity index is 0.920. The van der Waals surface area contributed by atoms with E-state index in [-0.39, 0.29) is 0 Å². The van der Waals surface area contributed by atoms with Gasteiger partial charge in [0.15, 0.2) is 0 Å². The summed E-state index contributed by atoms with van der Waals surface area (Å²) in [6.45, 7) is 0.814. The molecule has 0 saturated carbocycles.